The predicted molar refractivity (Wildman–Crippen MR) is 39.0 cm³/mol. The highest BCUT2D eigenvalue weighted by Gasteiger charge is 2.22. The van der Waals surface area contributed by atoms with Crippen LogP contribution in [0.5, 0.6) is 0 Å². The fourth-order valence-corrected chi connectivity index (χ4v) is 0.868. The Kier molecular flexibility index (Phi) is 1.81. The molecule has 1 unspecified atom stereocenters. The molecule has 0 radical (unpaired) electrons. The number of hydrogen-bond acceptors (Lipinski definition) is 1. The number of carboxylic acids is 1. The van der Waals surface area contributed by atoms with E-state index in [-0.39, 0.29) is 12.0 Å². The Hall–Kier alpha value is -1.12. The van der Waals surface area contributed by atoms with E-state index in [0.29, 0.717) is 0 Å². The zero-order chi connectivity index (χ0) is 8.48. The van der Waals surface area contributed by atoms with Crippen LogP contribution in [-0.2, 0) is 4.79 Å². The Morgan fingerprint density at radius 2 is 2.45 bits per heavy atom. The molecule has 1 aliphatic rings. The van der Waals surface area contributed by atoms with Crippen LogP contribution in [0.25, 0.3) is 0 Å². The molecule has 60 valence electrons. The van der Waals surface area contributed by atoms with Gasteiger partial charge in [0.25, 0.3) is 0 Å². The molecule has 3 heteroatoms. The molecule has 0 aromatic heterocycles. The first-order valence-corrected chi connectivity index (χ1v) is 3.33. The van der Waals surface area contributed by atoms with Gasteiger partial charge in [0.1, 0.15) is 5.67 Å². The quantitative estimate of drug-likeness (QED) is 0.627. The maximum Gasteiger partial charge on any atom is 0.335 e. The molecule has 0 fully saturated rings. The molecule has 0 amide bonds. The van der Waals surface area contributed by atoms with E-state index in [4.69, 9.17) is 5.11 Å². The molecule has 1 aliphatic carbocycles. The minimum atomic E-state index is -1.38. The van der Waals surface area contributed by atoms with Crippen molar-refractivity contribution in [2.45, 2.75) is 19.0 Å². The van der Waals surface area contributed by atoms with E-state index in [2.05, 4.69) is 0 Å². The lowest BCUT2D eigenvalue weighted by molar-refractivity contribution is -0.132. The summed E-state index contributed by atoms with van der Waals surface area (Å²) in [5.74, 6) is -1.00. The van der Waals surface area contributed by atoms with Crippen LogP contribution in [-0.4, -0.2) is 16.7 Å². The molecule has 0 heterocycles. The summed E-state index contributed by atoms with van der Waals surface area (Å²) in [5.41, 5.74) is -1.21. The average molecular weight is 156 g/mol. The van der Waals surface area contributed by atoms with Crippen LogP contribution in [0, 0.1) is 0 Å². The van der Waals surface area contributed by atoms with Crippen LogP contribution >= 0.6 is 0 Å². The predicted octanol–water partition coefficient (Wildman–Crippen LogP) is 1.69. The number of aliphatic carboxylic acids is 1. The molecule has 0 bridgehead atoms. The first-order chi connectivity index (χ1) is 5.01. The zero-order valence-corrected chi connectivity index (χ0v) is 6.17. The van der Waals surface area contributed by atoms with Gasteiger partial charge in [0.05, 0.1) is 5.57 Å². The summed E-state index contributed by atoms with van der Waals surface area (Å²) in [4.78, 5) is 10.3. The monoisotopic (exact) mass is 156 g/mol. The van der Waals surface area contributed by atoms with Crippen molar-refractivity contribution in [3.05, 3.63) is 23.8 Å². The molecule has 2 nitrogen and oxygen atoms in total. The lowest BCUT2D eigenvalue weighted by Crippen LogP contribution is -2.17. The second-order valence-corrected chi connectivity index (χ2v) is 2.78. The third-order valence-corrected chi connectivity index (χ3v) is 1.58. The van der Waals surface area contributed by atoms with E-state index >= 15 is 0 Å². The van der Waals surface area contributed by atoms with Crippen LogP contribution in [0.2, 0.25) is 0 Å². The Bertz CT molecular complexity index is 238. The van der Waals surface area contributed by atoms with Crippen LogP contribution in [0.3, 0.4) is 0 Å². The highest BCUT2D eigenvalue weighted by Crippen LogP contribution is 2.23. The van der Waals surface area contributed by atoms with Crippen LogP contribution in [0.1, 0.15) is 13.3 Å². The lowest BCUT2D eigenvalue weighted by atomic mass is 9.96. The number of allylic oxidation sites excluding steroid dienone is 2. The van der Waals surface area contributed by atoms with E-state index in [9.17, 15) is 9.18 Å². The van der Waals surface area contributed by atoms with Gasteiger partial charge in [-0.2, -0.15) is 0 Å². The molecule has 1 rings (SSSR count). The lowest BCUT2D eigenvalue weighted by Gasteiger charge is -2.16. The standard InChI is InChI=1S/C8H9FO2/c1-8(9)4-2-6(3-5-8)7(10)11/h2-4H,5H2,1H3,(H,10,11). The molecule has 0 spiro atoms. The Balaban J connectivity index is 2.75. The van der Waals surface area contributed by atoms with Crippen molar-refractivity contribution in [1.82, 2.24) is 0 Å². The topological polar surface area (TPSA) is 37.3 Å². The van der Waals surface area contributed by atoms with Crippen molar-refractivity contribution in [1.29, 1.82) is 0 Å². The van der Waals surface area contributed by atoms with Crippen molar-refractivity contribution in [3.8, 4) is 0 Å². The van der Waals surface area contributed by atoms with Gasteiger partial charge in [0, 0.05) is 6.42 Å². The average Bonchev–Trinajstić information content (AvgIpc) is 1.86. The minimum Gasteiger partial charge on any atom is -0.478 e. The second-order valence-electron chi connectivity index (χ2n) is 2.78. The first kappa shape index (κ1) is 7.98. The summed E-state index contributed by atoms with van der Waals surface area (Å²) < 4.78 is 13.0. The van der Waals surface area contributed by atoms with E-state index in [1.165, 1.54) is 25.2 Å². The second kappa shape index (κ2) is 2.49. The summed E-state index contributed by atoms with van der Waals surface area (Å²) in [6.45, 7) is 1.42. The van der Waals surface area contributed by atoms with Gasteiger partial charge in [-0.05, 0) is 19.1 Å². The van der Waals surface area contributed by atoms with Gasteiger partial charge in [0.2, 0.25) is 0 Å². The highest BCUT2D eigenvalue weighted by molar-refractivity contribution is 5.90. The van der Waals surface area contributed by atoms with Gasteiger partial charge in [-0.25, -0.2) is 9.18 Å². The molecule has 1 N–H and O–H groups in total. The largest absolute Gasteiger partial charge is 0.478 e. The van der Waals surface area contributed by atoms with E-state index in [1.54, 1.807) is 0 Å². The summed E-state index contributed by atoms with van der Waals surface area (Å²) >= 11 is 0. The maximum absolute atomic E-state index is 13.0. The fourth-order valence-electron chi connectivity index (χ4n) is 0.868. The summed E-state index contributed by atoms with van der Waals surface area (Å²) in [6.07, 6.45) is 4.11. The number of carbonyl (C=O) groups is 1. The summed E-state index contributed by atoms with van der Waals surface area (Å²) in [7, 11) is 0. The van der Waals surface area contributed by atoms with Crippen molar-refractivity contribution >= 4 is 5.97 Å². The number of halogens is 1. The molecule has 1 atom stereocenters. The molecule has 0 aromatic carbocycles. The van der Waals surface area contributed by atoms with E-state index in [1.807, 2.05) is 0 Å². The van der Waals surface area contributed by atoms with Gasteiger partial charge in [-0.15, -0.1) is 0 Å². The van der Waals surface area contributed by atoms with Crippen LogP contribution < -0.4 is 0 Å². The zero-order valence-electron chi connectivity index (χ0n) is 6.17. The molecular formula is C8H9FO2. The number of rotatable bonds is 1. The van der Waals surface area contributed by atoms with Gasteiger partial charge >= 0.3 is 5.97 Å². The first-order valence-electron chi connectivity index (χ1n) is 3.33. The highest BCUT2D eigenvalue weighted by atomic mass is 19.1. The number of carboxylic acid groups (broad SMARTS) is 1. The third kappa shape index (κ3) is 1.90. The van der Waals surface area contributed by atoms with Crippen molar-refractivity contribution in [2.24, 2.45) is 0 Å². The van der Waals surface area contributed by atoms with E-state index in [0.717, 1.165) is 0 Å². The Morgan fingerprint density at radius 3 is 2.82 bits per heavy atom. The maximum atomic E-state index is 13.0. The molecule has 11 heavy (non-hydrogen) atoms. The van der Waals surface area contributed by atoms with Crippen LogP contribution in [0.15, 0.2) is 23.8 Å². The minimum absolute atomic E-state index is 0.144. The Labute approximate surface area is 64.0 Å². The molecule has 0 aromatic rings. The third-order valence-electron chi connectivity index (χ3n) is 1.58. The van der Waals surface area contributed by atoms with Crippen molar-refractivity contribution in [2.75, 3.05) is 0 Å². The van der Waals surface area contributed by atoms with Crippen molar-refractivity contribution < 1.29 is 14.3 Å². The van der Waals surface area contributed by atoms with Gasteiger partial charge < -0.3 is 5.11 Å². The van der Waals surface area contributed by atoms with E-state index < -0.39 is 11.6 Å². The number of alkyl halides is 1. The fraction of sp³-hybridized carbons (Fsp3) is 0.375. The normalized spacial score (nSPS) is 29.8. The molecular weight excluding hydrogens is 147 g/mol. The molecule has 0 aliphatic heterocycles. The van der Waals surface area contributed by atoms with Gasteiger partial charge in [-0.1, -0.05) is 6.08 Å². The smallest absolute Gasteiger partial charge is 0.335 e. The molecule has 0 saturated carbocycles. The summed E-state index contributed by atoms with van der Waals surface area (Å²) in [5, 5.41) is 8.47. The summed E-state index contributed by atoms with van der Waals surface area (Å²) in [6, 6.07) is 0. The molecule has 0 saturated heterocycles. The number of hydrogen-bond donors (Lipinski definition) is 1. The van der Waals surface area contributed by atoms with Gasteiger partial charge in [0.15, 0.2) is 0 Å². The van der Waals surface area contributed by atoms with Crippen LogP contribution in [0.4, 0.5) is 4.39 Å². The van der Waals surface area contributed by atoms with Crippen molar-refractivity contribution in [3.63, 3.8) is 0 Å². The Morgan fingerprint density at radius 1 is 1.82 bits per heavy atom. The van der Waals surface area contributed by atoms with Gasteiger partial charge in [-0.3, -0.25) is 0 Å². The SMILES string of the molecule is CC1(F)C=CC(C(=O)O)=CC1.